The standard InChI is InChI=1S/C19H28N2O3S/c1-4-18(19(22)20-17-12-14-7-8-15(17)11-14)21(25(3,23)24)16-9-5-13(2)6-10-16/h5-6,9-10,14-15,17-18H,4,7-8,11-12H2,1-3H3,(H,20,22)/t14-,15-,17+,18-/m0/s1. The summed E-state index contributed by atoms with van der Waals surface area (Å²) in [5.74, 6) is 1.13. The van der Waals surface area contributed by atoms with E-state index in [0.29, 0.717) is 18.0 Å². The first-order valence-corrected chi connectivity index (χ1v) is 11.0. The number of carbonyl (C=O) groups is 1. The molecule has 25 heavy (non-hydrogen) atoms. The van der Waals surface area contributed by atoms with Crippen molar-refractivity contribution in [2.24, 2.45) is 11.8 Å². The van der Waals surface area contributed by atoms with Crippen LogP contribution < -0.4 is 9.62 Å². The normalized spacial score (nSPS) is 26.4. The Morgan fingerprint density at radius 3 is 2.40 bits per heavy atom. The summed E-state index contributed by atoms with van der Waals surface area (Å²) in [6, 6.07) is 6.77. The Morgan fingerprint density at radius 1 is 1.24 bits per heavy atom. The molecule has 138 valence electrons. The molecule has 5 nitrogen and oxygen atoms in total. The predicted molar refractivity (Wildman–Crippen MR) is 100.0 cm³/mol. The van der Waals surface area contributed by atoms with Crippen LogP contribution >= 0.6 is 0 Å². The maximum absolute atomic E-state index is 12.9. The fourth-order valence-electron chi connectivity index (χ4n) is 4.45. The quantitative estimate of drug-likeness (QED) is 0.844. The van der Waals surface area contributed by atoms with E-state index < -0.39 is 16.1 Å². The topological polar surface area (TPSA) is 66.5 Å². The number of sulfonamides is 1. The van der Waals surface area contributed by atoms with E-state index in [1.807, 2.05) is 26.0 Å². The van der Waals surface area contributed by atoms with Gasteiger partial charge in [-0.2, -0.15) is 0 Å². The van der Waals surface area contributed by atoms with Crippen molar-refractivity contribution in [1.29, 1.82) is 0 Å². The summed E-state index contributed by atoms with van der Waals surface area (Å²) >= 11 is 0. The second-order valence-electron chi connectivity index (χ2n) is 7.61. The van der Waals surface area contributed by atoms with E-state index in [4.69, 9.17) is 0 Å². The lowest BCUT2D eigenvalue weighted by Gasteiger charge is -2.32. The van der Waals surface area contributed by atoms with Gasteiger partial charge in [0.25, 0.3) is 0 Å². The van der Waals surface area contributed by atoms with E-state index >= 15 is 0 Å². The number of fused-ring (bicyclic) bond motifs is 2. The van der Waals surface area contributed by atoms with Crippen molar-refractivity contribution in [3.05, 3.63) is 29.8 Å². The molecule has 6 heteroatoms. The van der Waals surface area contributed by atoms with E-state index in [9.17, 15) is 13.2 Å². The molecule has 0 aliphatic heterocycles. The van der Waals surface area contributed by atoms with Gasteiger partial charge in [-0.25, -0.2) is 8.42 Å². The van der Waals surface area contributed by atoms with Crippen molar-refractivity contribution in [3.8, 4) is 0 Å². The molecule has 1 amide bonds. The average Bonchev–Trinajstić information content (AvgIpc) is 3.15. The van der Waals surface area contributed by atoms with Crippen molar-refractivity contribution < 1.29 is 13.2 Å². The minimum absolute atomic E-state index is 0.175. The fourth-order valence-corrected chi connectivity index (χ4v) is 5.66. The summed E-state index contributed by atoms with van der Waals surface area (Å²) in [5.41, 5.74) is 1.60. The number of hydrogen-bond donors (Lipinski definition) is 1. The van der Waals surface area contributed by atoms with E-state index in [1.165, 1.54) is 29.8 Å². The first-order chi connectivity index (χ1) is 11.8. The minimum atomic E-state index is -3.56. The van der Waals surface area contributed by atoms with Gasteiger partial charge in [0.1, 0.15) is 6.04 Å². The molecular formula is C19H28N2O3S. The van der Waals surface area contributed by atoms with Crippen LogP contribution in [-0.2, 0) is 14.8 Å². The zero-order valence-electron chi connectivity index (χ0n) is 15.2. The monoisotopic (exact) mass is 364 g/mol. The van der Waals surface area contributed by atoms with Gasteiger partial charge in [0, 0.05) is 6.04 Å². The van der Waals surface area contributed by atoms with Crippen LogP contribution in [0, 0.1) is 18.8 Å². The van der Waals surface area contributed by atoms with Crippen molar-refractivity contribution in [2.45, 2.75) is 58.0 Å². The Morgan fingerprint density at radius 2 is 1.92 bits per heavy atom. The maximum atomic E-state index is 12.9. The fraction of sp³-hybridized carbons (Fsp3) is 0.632. The molecule has 2 aliphatic carbocycles. The van der Waals surface area contributed by atoms with E-state index in [0.717, 1.165) is 17.9 Å². The molecule has 0 aromatic heterocycles. The van der Waals surface area contributed by atoms with Gasteiger partial charge >= 0.3 is 0 Å². The smallest absolute Gasteiger partial charge is 0.244 e. The molecule has 1 N–H and O–H groups in total. The summed E-state index contributed by atoms with van der Waals surface area (Å²) in [7, 11) is -3.56. The number of hydrogen-bond acceptors (Lipinski definition) is 3. The van der Waals surface area contributed by atoms with Crippen molar-refractivity contribution >= 4 is 21.6 Å². The second kappa shape index (κ2) is 6.98. The number of nitrogens with one attached hydrogen (secondary N) is 1. The number of carbonyl (C=O) groups excluding carboxylic acids is 1. The van der Waals surface area contributed by atoms with Crippen LogP contribution in [-0.4, -0.2) is 32.7 Å². The third-order valence-corrected chi connectivity index (χ3v) is 6.86. The highest BCUT2D eigenvalue weighted by molar-refractivity contribution is 7.92. The molecule has 1 aromatic rings. The van der Waals surface area contributed by atoms with E-state index in [-0.39, 0.29) is 11.9 Å². The molecule has 0 spiro atoms. The highest BCUT2D eigenvalue weighted by atomic mass is 32.2. The number of rotatable bonds is 6. The third-order valence-electron chi connectivity index (χ3n) is 5.68. The SMILES string of the molecule is CC[C@@H](C(=O)N[C@@H]1C[C@H]2CC[C@H]1C2)N(c1ccc(C)cc1)S(C)(=O)=O. The first kappa shape index (κ1) is 18.2. The van der Waals surface area contributed by atoms with Crippen LogP contribution in [0.2, 0.25) is 0 Å². The van der Waals surface area contributed by atoms with Gasteiger partial charge < -0.3 is 5.32 Å². The van der Waals surface area contributed by atoms with Crippen molar-refractivity contribution in [2.75, 3.05) is 10.6 Å². The Hall–Kier alpha value is -1.56. The molecular weight excluding hydrogens is 336 g/mol. The van der Waals surface area contributed by atoms with E-state index in [1.54, 1.807) is 12.1 Å². The van der Waals surface area contributed by atoms with Gasteiger partial charge in [-0.05, 0) is 56.6 Å². The van der Waals surface area contributed by atoms with Gasteiger partial charge in [-0.1, -0.05) is 31.0 Å². The number of amides is 1. The number of benzene rings is 1. The maximum Gasteiger partial charge on any atom is 0.244 e. The Bertz CT molecular complexity index is 730. The summed E-state index contributed by atoms with van der Waals surface area (Å²) in [5, 5.41) is 3.15. The predicted octanol–water partition coefficient (Wildman–Crippen LogP) is 2.84. The third kappa shape index (κ3) is 3.84. The molecule has 2 bridgehead atoms. The highest BCUT2D eigenvalue weighted by Crippen LogP contribution is 2.44. The number of nitrogens with zero attached hydrogens (tertiary/aromatic N) is 1. The largest absolute Gasteiger partial charge is 0.351 e. The van der Waals surface area contributed by atoms with Crippen LogP contribution in [0.1, 0.15) is 44.6 Å². The first-order valence-electron chi connectivity index (χ1n) is 9.16. The Labute approximate surface area is 150 Å². The molecule has 0 saturated heterocycles. The highest BCUT2D eigenvalue weighted by Gasteiger charge is 2.41. The average molecular weight is 365 g/mol. The minimum Gasteiger partial charge on any atom is -0.351 e. The lowest BCUT2D eigenvalue weighted by molar-refractivity contribution is -0.123. The van der Waals surface area contributed by atoms with Gasteiger partial charge in [0.2, 0.25) is 15.9 Å². The van der Waals surface area contributed by atoms with E-state index in [2.05, 4.69) is 5.32 Å². The molecule has 0 unspecified atom stereocenters. The van der Waals surface area contributed by atoms with Crippen LogP contribution in [0.15, 0.2) is 24.3 Å². The van der Waals surface area contributed by atoms with Crippen LogP contribution in [0.5, 0.6) is 0 Å². The zero-order valence-corrected chi connectivity index (χ0v) is 16.1. The molecule has 4 atom stereocenters. The van der Waals surface area contributed by atoms with Crippen LogP contribution in [0.3, 0.4) is 0 Å². The Balaban J connectivity index is 1.82. The molecule has 2 saturated carbocycles. The summed E-state index contributed by atoms with van der Waals surface area (Å²) in [4.78, 5) is 12.9. The number of aryl methyl sites for hydroxylation is 1. The summed E-state index contributed by atoms with van der Waals surface area (Å²) < 4.78 is 26.1. The molecule has 0 radical (unpaired) electrons. The molecule has 2 fully saturated rings. The Kier molecular flexibility index (Phi) is 5.09. The van der Waals surface area contributed by atoms with Gasteiger partial charge in [-0.3, -0.25) is 9.10 Å². The summed E-state index contributed by atoms with van der Waals surface area (Å²) in [6.45, 7) is 3.81. The molecule has 3 rings (SSSR count). The van der Waals surface area contributed by atoms with Gasteiger partial charge in [-0.15, -0.1) is 0 Å². The zero-order chi connectivity index (χ0) is 18.2. The lowest BCUT2D eigenvalue weighted by Crippen LogP contribution is -2.52. The van der Waals surface area contributed by atoms with Crippen molar-refractivity contribution in [3.63, 3.8) is 0 Å². The van der Waals surface area contributed by atoms with Gasteiger partial charge in [0.05, 0.1) is 11.9 Å². The van der Waals surface area contributed by atoms with Crippen LogP contribution in [0.25, 0.3) is 0 Å². The van der Waals surface area contributed by atoms with Crippen molar-refractivity contribution in [1.82, 2.24) is 5.32 Å². The van der Waals surface area contributed by atoms with Crippen LogP contribution in [0.4, 0.5) is 5.69 Å². The molecule has 2 aliphatic rings. The lowest BCUT2D eigenvalue weighted by atomic mass is 9.95. The summed E-state index contributed by atoms with van der Waals surface area (Å²) in [6.07, 6.45) is 6.30. The second-order valence-corrected chi connectivity index (χ2v) is 9.47. The molecule has 1 aromatic carbocycles. The number of anilines is 1. The molecule has 0 heterocycles. The van der Waals surface area contributed by atoms with Gasteiger partial charge in [0.15, 0.2) is 0 Å².